The van der Waals surface area contributed by atoms with Crippen LogP contribution >= 0.6 is 27.3 Å². The standard InChI is InChI=1S/C33H32BrN5O2S/c1-19(2)30-37-27-15-14-23(34)17-26(27)32(41)39(30)35-18-22-16-20(3)38(21(22)4)33-29(25-12-8-9-13-28(25)42-33)31(40)36-24-10-6-5-7-11-24/h5-7,10-11,14-19H,8-9,12-13H2,1-4H3,(H,36,40). The van der Waals surface area contributed by atoms with Gasteiger partial charge in [-0.1, -0.05) is 48.0 Å². The third kappa shape index (κ3) is 5.16. The van der Waals surface area contributed by atoms with Gasteiger partial charge in [-0.15, -0.1) is 11.3 Å². The van der Waals surface area contributed by atoms with Crippen LogP contribution in [-0.2, 0) is 12.8 Å². The topological polar surface area (TPSA) is 81.3 Å². The molecule has 5 aromatic rings. The predicted molar refractivity (Wildman–Crippen MR) is 175 cm³/mol. The van der Waals surface area contributed by atoms with E-state index < -0.39 is 0 Å². The van der Waals surface area contributed by atoms with Crippen LogP contribution in [0, 0.1) is 13.8 Å². The Morgan fingerprint density at radius 3 is 2.62 bits per heavy atom. The van der Waals surface area contributed by atoms with Crippen LogP contribution in [0.1, 0.15) is 76.2 Å². The van der Waals surface area contributed by atoms with Crippen molar-refractivity contribution >= 4 is 56.0 Å². The third-order valence-electron chi connectivity index (χ3n) is 7.75. The summed E-state index contributed by atoms with van der Waals surface area (Å²) in [6.45, 7) is 8.09. The van der Waals surface area contributed by atoms with Gasteiger partial charge in [0.15, 0.2) is 0 Å². The van der Waals surface area contributed by atoms with E-state index in [1.54, 1.807) is 23.6 Å². The smallest absolute Gasteiger partial charge is 0.282 e. The van der Waals surface area contributed by atoms with E-state index in [4.69, 9.17) is 4.98 Å². The molecule has 6 rings (SSSR count). The number of rotatable bonds is 6. The lowest BCUT2D eigenvalue weighted by Gasteiger charge is -2.14. The fourth-order valence-corrected chi connectivity index (χ4v) is 7.52. The maximum Gasteiger partial charge on any atom is 0.282 e. The number of halogens is 1. The van der Waals surface area contributed by atoms with Gasteiger partial charge in [0, 0.05) is 37.9 Å². The van der Waals surface area contributed by atoms with Crippen molar-refractivity contribution in [2.75, 3.05) is 5.32 Å². The molecule has 0 saturated heterocycles. The summed E-state index contributed by atoms with van der Waals surface area (Å²) in [5, 5.41) is 9.24. The largest absolute Gasteiger partial charge is 0.322 e. The second-order valence-corrected chi connectivity index (χ2v) is 13.0. The number of aromatic nitrogens is 3. The number of nitrogens with zero attached hydrogens (tertiary/aromatic N) is 4. The first kappa shape index (κ1) is 28.3. The quantitative estimate of drug-likeness (QED) is 0.192. The molecular formula is C33H32BrN5O2S. The molecule has 0 fully saturated rings. The molecule has 0 saturated carbocycles. The van der Waals surface area contributed by atoms with Crippen molar-refractivity contribution in [2.24, 2.45) is 5.10 Å². The van der Waals surface area contributed by atoms with Gasteiger partial charge in [-0.05, 0) is 81.5 Å². The highest BCUT2D eigenvalue weighted by atomic mass is 79.9. The fraction of sp³-hybridized carbons (Fsp3) is 0.273. The van der Waals surface area contributed by atoms with Crippen molar-refractivity contribution in [3.63, 3.8) is 0 Å². The number of nitrogens with one attached hydrogen (secondary N) is 1. The predicted octanol–water partition coefficient (Wildman–Crippen LogP) is 7.76. The average Bonchev–Trinajstić information content (AvgIpc) is 3.48. The lowest BCUT2D eigenvalue weighted by molar-refractivity contribution is 0.102. The van der Waals surface area contributed by atoms with Crippen LogP contribution in [0.4, 0.5) is 5.69 Å². The van der Waals surface area contributed by atoms with Crippen molar-refractivity contribution in [3.8, 4) is 5.00 Å². The Bertz CT molecular complexity index is 1920. The number of aryl methyl sites for hydroxylation is 2. The zero-order valence-corrected chi connectivity index (χ0v) is 26.5. The second-order valence-electron chi connectivity index (χ2n) is 11.0. The molecule has 0 radical (unpaired) electrons. The summed E-state index contributed by atoms with van der Waals surface area (Å²) in [5.74, 6) is 0.518. The Labute approximate surface area is 257 Å². The van der Waals surface area contributed by atoms with Crippen molar-refractivity contribution in [2.45, 2.75) is 59.3 Å². The van der Waals surface area contributed by atoms with Crippen LogP contribution in [-0.4, -0.2) is 26.3 Å². The molecule has 9 heteroatoms. The van der Waals surface area contributed by atoms with Crippen LogP contribution in [0.3, 0.4) is 0 Å². The van der Waals surface area contributed by atoms with Gasteiger partial charge in [0.1, 0.15) is 10.8 Å². The van der Waals surface area contributed by atoms with Gasteiger partial charge in [-0.3, -0.25) is 9.59 Å². The van der Waals surface area contributed by atoms with E-state index in [-0.39, 0.29) is 17.4 Å². The number of para-hydroxylation sites is 1. The van der Waals surface area contributed by atoms with E-state index >= 15 is 0 Å². The van der Waals surface area contributed by atoms with Gasteiger partial charge in [0.2, 0.25) is 0 Å². The molecule has 1 aliphatic rings. The molecule has 2 aromatic carbocycles. The highest BCUT2D eigenvalue weighted by molar-refractivity contribution is 9.10. The number of anilines is 1. The number of amides is 1. The molecule has 3 aromatic heterocycles. The summed E-state index contributed by atoms with van der Waals surface area (Å²) in [4.78, 5) is 33.3. The van der Waals surface area contributed by atoms with Crippen LogP contribution in [0.15, 0.2) is 69.0 Å². The minimum atomic E-state index is -0.208. The van der Waals surface area contributed by atoms with E-state index in [9.17, 15) is 9.59 Å². The molecule has 1 amide bonds. The van der Waals surface area contributed by atoms with Gasteiger partial charge >= 0.3 is 0 Å². The summed E-state index contributed by atoms with van der Waals surface area (Å²) >= 11 is 5.18. The van der Waals surface area contributed by atoms with Crippen LogP contribution in [0.2, 0.25) is 0 Å². The molecule has 7 nitrogen and oxygen atoms in total. The summed E-state index contributed by atoms with van der Waals surface area (Å²) in [6, 6.07) is 17.2. The van der Waals surface area contributed by atoms with Crippen LogP contribution < -0.4 is 10.9 Å². The molecule has 1 N–H and O–H groups in total. The van der Waals surface area contributed by atoms with Crippen molar-refractivity contribution in [3.05, 3.63) is 108 Å². The molecule has 0 unspecified atom stereocenters. The van der Waals surface area contributed by atoms with Crippen LogP contribution in [0.5, 0.6) is 0 Å². The Hall–Kier alpha value is -3.82. The van der Waals surface area contributed by atoms with E-state index in [1.165, 1.54) is 15.1 Å². The van der Waals surface area contributed by atoms with Gasteiger partial charge in [0.25, 0.3) is 11.5 Å². The summed E-state index contributed by atoms with van der Waals surface area (Å²) in [5.41, 5.74) is 5.98. The Morgan fingerprint density at radius 2 is 1.86 bits per heavy atom. The van der Waals surface area contributed by atoms with E-state index in [0.717, 1.165) is 63.4 Å². The maximum absolute atomic E-state index is 13.8. The molecule has 0 spiro atoms. The number of hydrogen-bond acceptors (Lipinski definition) is 5. The third-order valence-corrected chi connectivity index (χ3v) is 9.52. The molecule has 0 bridgehead atoms. The zero-order chi connectivity index (χ0) is 29.5. The monoisotopic (exact) mass is 641 g/mol. The van der Waals surface area contributed by atoms with Gasteiger partial charge in [0.05, 0.1) is 22.7 Å². The highest BCUT2D eigenvalue weighted by Crippen LogP contribution is 2.39. The number of thiophene rings is 1. The molecule has 0 aliphatic heterocycles. The van der Waals surface area contributed by atoms with Gasteiger partial charge in [-0.25, -0.2) is 4.98 Å². The molecule has 214 valence electrons. The zero-order valence-electron chi connectivity index (χ0n) is 24.1. The average molecular weight is 643 g/mol. The Morgan fingerprint density at radius 1 is 1.10 bits per heavy atom. The van der Waals surface area contributed by atoms with Crippen molar-refractivity contribution in [1.29, 1.82) is 0 Å². The summed E-state index contributed by atoms with van der Waals surface area (Å²) < 4.78 is 4.39. The van der Waals surface area contributed by atoms with Gasteiger partial charge < -0.3 is 9.88 Å². The fourth-order valence-electron chi connectivity index (χ4n) is 5.66. The first-order valence-electron chi connectivity index (χ1n) is 14.2. The van der Waals surface area contributed by atoms with E-state index in [1.807, 2.05) is 70.2 Å². The Kier molecular flexibility index (Phi) is 7.72. The van der Waals surface area contributed by atoms with Crippen molar-refractivity contribution < 1.29 is 4.79 Å². The normalized spacial score (nSPS) is 13.3. The van der Waals surface area contributed by atoms with Crippen molar-refractivity contribution in [1.82, 2.24) is 14.2 Å². The maximum atomic E-state index is 13.8. The number of carbonyl (C=O) groups is 1. The lowest BCUT2D eigenvalue weighted by atomic mass is 9.95. The summed E-state index contributed by atoms with van der Waals surface area (Å²) in [6.07, 6.45) is 5.85. The van der Waals surface area contributed by atoms with E-state index in [0.29, 0.717) is 16.7 Å². The number of benzene rings is 2. The molecular weight excluding hydrogens is 610 g/mol. The minimum absolute atomic E-state index is 0.00143. The molecule has 0 atom stereocenters. The highest BCUT2D eigenvalue weighted by Gasteiger charge is 2.28. The first-order valence-corrected chi connectivity index (χ1v) is 15.8. The summed E-state index contributed by atoms with van der Waals surface area (Å²) in [7, 11) is 0. The number of hydrogen-bond donors (Lipinski definition) is 1. The minimum Gasteiger partial charge on any atom is -0.322 e. The molecule has 42 heavy (non-hydrogen) atoms. The molecule has 1 aliphatic carbocycles. The van der Waals surface area contributed by atoms with E-state index in [2.05, 4.69) is 37.0 Å². The van der Waals surface area contributed by atoms with Gasteiger partial charge in [-0.2, -0.15) is 9.78 Å². The van der Waals surface area contributed by atoms with Crippen LogP contribution in [0.25, 0.3) is 15.9 Å². The lowest BCUT2D eigenvalue weighted by Crippen LogP contribution is -2.23. The molecule has 3 heterocycles. The first-order chi connectivity index (χ1) is 20.2. The number of fused-ring (bicyclic) bond motifs is 2. The number of carbonyl (C=O) groups excluding carboxylic acids is 1. The Balaban J connectivity index is 1.44. The SMILES string of the molecule is Cc1cc(C=Nn2c(C(C)C)nc3ccc(Br)cc3c2=O)c(C)n1-c1sc2c(c1C(=O)Nc1ccccc1)CCCC2. The second kappa shape index (κ2) is 11.5.